The number of amides is 1. The number of rotatable bonds is 0. The van der Waals surface area contributed by atoms with Gasteiger partial charge in [-0.15, -0.1) is 0 Å². The van der Waals surface area contributed by atoms with Gasteiger partial charge in [-0.2, -0.15) is 0 Å². The van der Waals surface area contributed by atoms with Crippen LogP contribution in [0, 0.1) is 0 Å². The fraction of sp³-hybridized carbons (Fsp3) is 0.923. The summed E-state index contributed by atoms with van der Waals surface area (Å²) in [6, 6.07) is 0.248. The molecule has 1 amide bonds. The number of nitrogens with two attached hydrogens (primary N) is 1. The smallest absolute Gasteiger partial charge is 0.410 e. The zero-order chi connectivity index (χ0) is 12.7. The van der Waals surface area contributed by atoms with Gasteiger partial charge >= 0.3 is 6.09 Å². The lowest BCUT2D eigenvalue weighted by Crippen LogP contribution is -2.48. The number of likely N-dealkylation sites (tertiary alicyclic amines) is 1. The highest BCUT2D eigenvalue weighted by Gasteiger charge is 2.48. The summed E-state index contributed by atoms with van der Waals surface area (Å²) >= 11 is 0. The predicted octanol–water partition coefficient (Wildman–Crippen LogP) is 2.27. The Morgan fingerprint density at radius 3 is 2.65 bits per heavy atom. The van der Waals surface area contributed by atoms with Crippen LogP contribution in [0.15, 0.2) is 0 Å². The van der Waals surface area contributed by atoms with Crippen LogP contribution in [0.2, 0.25) is 0 Å². The van der Waals surface area contributed by atoms with Gasteiger partial charge in [0.15, 0.2) is 0 Å². The quantitative estimate of drug-likeness (QED) is 0.706. The van der Waals surface area contributed by atoms with E-state index in [0.717, 1.165) is 38.6 Å². The van der Waals surface area contributed by atoms with E-state index >= 15 is 0 Å². The maximum atomic E-state index is 12.2. The second kappa shape index (κ2) is 4.16. The van der Waals surface area contributed by atoms with Crippen molar-refractivity contribution in [2.75, 3.05) is 6.54 Å². The topological polar surface area (TPSA) is 55.6 Å². The van der Waals surface area contributed by atoms with Gasteiger partial charge in [0.2, 0.25) is 0 Å². The Morgan fingerprint density at radius 2 is 2.12 bits per heavy atom. The van der Waals surface area contributed by atoms with Crippen LogP contribution in [-0.4, -0.2) is 34.7 Å². The fourth-order valence-electron chi connectivity index (χ4n) is 3.16. The van der Waals surface area contributed by atoms with E-state index < -0.39 is 5.60 Å². The minimum absolute atomic E-state index is 0.00174. The standard InChI is InChI=1S/C13H24N2O2/c1-12(2,3)17-11(16)15-8-4-6-13(15)7-5-10(14)9-13/h10H,4-9,14H2,1-3H3. The molecule has 4 heteroatoms. The molecule has 0 aromatic rings. The maximum Gasteiger partial charge on any atom is 0.410 e. The third-order valence-corrected chi connectivity index (χ3v) is 3.83. The summed E-state index contributed by atoms with van der Waals surface area (Å²) in [5.74, 6) is 0. The molecule has 4 nitrogen and oxygen atoms in total. The van der Waals surface area contributed by atoms with Crippen molar-refractivity contribution < 1.29 is 9.53 Å². The summed E-state index contributed by atoms with van der Waals surface area (Å²) in [4.78, 5) is 14.1. The first kappa shape index (κ1) is 12.7. The number of ether oxygens (including phenoxy) is 1. The van der Waals surface area contributed by atoms with E-state index in [-0.39, 0.29) is 17.7 Å². The van der Waals surface area contributed by atoms with Gasteiger partial charge < -0.3 is 15.4 Å². The van der Waals surface area contributed by atoms with Crippen LogP contribution in [0.4, 0.5) is 4.79 Å². The average molecular weight is 240 g/mol. The zero-order valence-electron chi connectivity index (χ0n) is 11.2. The van der Waals surface area contributed by atoms with E-state index in [4.69, 9.17) is 10.5 Å². The number of carbonyl (C=O) groups excluding carboxylic acids is 1. The summed E-state index contributed by atoms with van der Waals surface area (Å²) < 4.78 is 5.49. The Bertz CT molecular complexity index is 311. The molecule has 0 aromatic heterocycles. The summed E-state index contributed by atoms with van der Waals surface area (Å²) in [5.41, 5.74) is 5.59. The van der Waals surface area contributed by atoms with Gasteiger partial charge in [0.1, 0.15) is 5.60 Å². The van der Waals surface area contributed by atoms with Gasteiger partial charge in [-0.25, -0.2) is 4.79 Å². The van der Waals surface area contributed by atoms with Crippen LogP contribution >= 0.6 is 0 Å². The number of nitrogens with zero attached hydrogens (tertiary/aromatic N) is 1. The molecule has 2 unspecified atom stereocenters. The van der Waals surface area contributed by atoms with Crippen molar-refractivity contribution in [3.05, 3.63) is 0 Å². The first-order chi connectivity index (χ1) is 7.82. The monoisotopic (exact) mass is 240 g/mol. The fourth-order valence-corrected chi connectivity index (χ4v) is 3.16. The second-order valence-electron chi connectivity index (χ2n) is 6.46. The van der Waals surface area contributed by atoms with Crippen molar-refractivity contribution >= 4 is 6.09 Å². The molecule has 2 atom stereocenters. The molecular formula is C13H24N2O2. The molecule has 0 radical (unpaired) electrons. The van der Waals surface area contributed by atoms with Crippen molar-refractivity contribution in [2.45, 2.75) is 70.1 Å². The molecule has 2 rings (SSSR count). The molecule has 2 aliphatic rings. The predicted molar refractivity (Wildman–Crippen MR) is 66.7 cm³/mol. The second-order valence-corrected chi connectivity index (χ2v) is 6.46. The largest absolute Gasteiger partial charge is 0.444 e. The summed E-state index contributed by atoms with van der Waals surface area (Å²) in [7, 11) is 0. The van der Waals surface area contributed by atoms with E-state index in [1.54, 1.807) is 0 Å². The van der Waals surface area contributed by atoms with Crippen molar-refractivity contribution in [1.29, 1.82) is 0 Å². The molecule has 0 aromatic carbocycles. The van der Waals surface area contributed by atoms with Gasteiger partial charge in [0.25, 0.3) is 0 Å². The summed E-state index contributed by atoms with van der Waals surface area (Å²) in [6.45, 7) is 6.55. The Kier molecular flexibility index (Phi) is 3.10. The van der Waals surface area contributed by atoms with E-state index in [1.165, 1.54) is 0 Å². The Morgan fingerprint density at radius 1 is 1.41 bits per heavy atom. The maximum absolute atomic E-state index is 12.2. The van der Waals surface area contributed by atoms with Crippen LogP contribution < -0.4 is 5.73 Å². The molecular weight excluding hydrogens is 216 g/mol. The summed E-state index contributed by atoms with van der Waals surface area (Å²) in [6.07, 6.45) is 4.99. The summed E-state index contributed by atoms with van der Waals surface area (Å²) in [5, 5.41) is 0. The Balaban J connectivity index is 2.07. The third kappa shape index (κ3) is 2.57. The van der Waals surface area contributed by atoms with Crippen LogP contribution in [0.5, 0.6) is 0 Å². The van der Waals surface area contributed by atoms with E-state index in [9.17, 15) is 4.79 Å². The zero-order valence-corrected chi connectivity index (χ0v) is 11.2. The lowest BCUT2D eigenvalue weighted by Gasteiger charge is -2.36. The molecule has 1 aliphatic heterocycles. The minimum atomic E-state index is -0.415. The average Bonchev–Trinajstić information content (AvgIpc) is 2.72. The van der Waals surface area contributed by atoms with Crippen LogP contribution in [0.25, 0.3) is 0 Å². The van der Waals surface area contributed by atoms with Crippen molar-refractivity contribution in [1.82, 2.24) is 4.90 Å². The molecule has 1 saturated carbocycles. The molecule has 1 spiro atoms. The molecule has 0 bridgehead atoms. The highest BCUT2D eigenvalue weighted by atomic mass is 16.6. The number of carbonyl (C=O) groups is 1. The van der Waals surface area contributed by atoms with Crippen molar-refractivity contribution in [2.24, 2.45) is 5.73 Å². The van der Waals surface area contributed by atoms with Crippen molar-refractivity contribution in [3.8, 4) is 0 Å². The van der Waals surface area contributed by atoms with E-state index in [0.29, 0.717) is 0 Å². The van der Waals surface area contributed by atoms with Crippen LogP contribution in [0.1, 0.15) is 52.9 Å². The lowest BCUT2D eigenvalue weighted by atomic mass is 9.94. The third-order valence-electron chi connectivity index (χ3n) is 3.83. The number of hydrogen-bond donors (Lipinski definition) is 1. The van der Waals surface area contributed by atoms with Gasteiger partial charge in [-0.05, 0) is 52.9 Å². The highest BCUT2D eigenvalue weighted by molar-refractivity contribution is 5.69. The Labute approximate surface area is 103 Å². The molecule has 2 N–H and O–H groups in total. The SMILES string of the molecule is CC(C)(C)OC(=O)N1CCCC12CCC(N)C2. The van der Waals surface area contributed by atoms with E-state index in [2.05, 4.69) is 0 Å². The first-order valence-corrected chi connectivity index (χ1v) is 6.59. The highest BCUT2D eigenvalue weighted by Crippen LogP contribution is 2.43. The molecule has 1 saturated heterocycles. The van der Waals surface area contributed by atoms with Gasteiger partial charge in [0, 0.05) is 18.1 Å². The van der Waals surface area contributed by atoms with Crippen molar-refractivity contribution in [3.63, 3.8) is 0 Å². The normalized spacial score (nSPS) is 33.4. The van der Waals surface area contributed by atoms with Crippen LogP contribution in [0.3, 0.4) is 0 Å². The molecule has 98 valence electrons. The molecule has 1 heterocycles. The Hall–Kier alpha value is -0.770. The van der Waals surface area contributed by atoms with Gasteiger partial charge in [-0.3, -0.25) is 0 Å². The molecule has 1 aliphatic carbocycles. The minimum Gasteiger partial charge on any atom is -0.444 e. The van der Waals surface area contributed by atoms with Gasteiger partial charge in [0.05, 0.1) is 0 Å². The lowest BCUT2D eigenvalue weighted by molar-refractivity contribution is 0.00864. The van der Waals surface area contributed by atoms with E-state index in [1.807, 2.05) is 25.7 Å². The van der Waals surface area contributed by atoms with Gasteiger partial charge in [-0.1, -0.05) is 0 Å². The number of hydrogen-bond acceptors (Lipinski definition) is 3. The molecule has 17 heavy (non-hydrogen) atoms. The molecule has 2 fully saturated rings. The first-order valence-electron chi connectivity index (χ1n) is 6.59. The van der Waals surface area contributed by atoms with Crippen LogP contribution in [-0.2, 0) is 4.74 Å².